The van der Waals surface area contributed by atoms with E-state index in [4.69, 9.17) is 4.99 Å². The van der Waals surface area contributed by atoms with Crippen molar-refractivity contribution in [3.63, 3.8) is 0 Å². The summed E-state index contributed by atoms with van der Waals surface area (Å²) in [5, 5.41) is 11.3. The molecule has 31 heavy (non-hydrogen) atoms. The Balaban J connectivity index is 1.73. The first-order valence-electron chi connectivity index (χ1n) is 10.0. The first-order chi connectivity index (χ1) is 14.8. The molecule has 0 fully saturated rings. The monoisotopic (exact) mass is 412 g/mol. The van der Waals surface area contributed by atoms with Crippen LogP contribution < -0.4 is 10.7 Å². The van der Waals surface area contributed by atoms with E-state index in [1.165, 1.54) is 0 Å². The van der Waals surface area contributed by atoms with Crippen LogP contribution >= 0.6 is 0 Å². The largest absolute Gasteiger partial charge is 0.478 e. The number of H-pyrrole nitrogens is 2. The minimum Gasteiger partial charge on any atom is -0.478 e. The smallest absolute Gasteiger partial charge is 0.339 e. The molecule has 0 aromatic carbocycles. The van der Waals surface area contributed by atoms with Crippen molar-refractivity contribution in [1.29, 1.82) is 0 Å². The molecule has 0 aliphatic carbocycles. The molecule has 0 radical (unpaired) electrons. The number of carboxylic acids is 1. The number of aliphatic carboxylic acids is 1. The molecule has 4 rings (SSSR count). The van der Waals surface area contributed by atoms with Gasteiger partial charge in [0.05, 0.1) is 28.1 Å². The van der Waals surface area contributed by atoms with Crippen molar-refractivity contribution in [2.24, 2.45) is 9.98 Å². The number of carbonyl (C=O) groups is 1. The number of hydrogen-bond acceptors (Lipinski definition) is 3. The molecule has 6 heteroatoms. The summed E-state index contributed by atoms with van der Waals surface area (Å²) in [6, 6.07) is 7.37. The van der Waals surface area contributed by atoms with Gasteiger partial charge in [-0.1, -0.05) is 5.57 Å². The number of aliphatic imine (C=N–C) groups is 2. The number of aromatic amines is 2. The topological polar surface area (TPSA) is 93.6 Å². The van der Waals surface area contributed by atoms with Crippen LogP contribution in [0, 0.1) is 0 Å². The number of carboxylic acid groups (broad SMARTS) is 1. The molecule has 6 nitrogen and oxygen atoms in total. The first-order valence-corrected chi connectivity index (χ1v) is 10.0. The van der Waals surface area contributed by atoms with Crippen LogP contribution in [-0.2, 0) is 4.79 Å². The molecule has 0 saturated heterocycles. The van der Waals surface area contributed by atoms with Gasteiger partial charge in [0, 0.05) is 22.8 Å². The Labute approximate surface area is 180 Å². The maximum Gasteiger partial charge on any atom is 0.339 e. The van der Waals surface area contributed by atoms with Gasteiger partial charge < -0.3 is 15.1 Å². The highest BCUT2D eigenvalue weighted by atomic mass is 16.4. The van der Waals surface area contributed by atoms with Crippen LogP contribution in [0.15, 0.2) is 75.5 Å². The van der Waals surface area contributed by atoms with Gasteiger partial charge in [0.15, 0.2) is 0 Å². The van der Waals surface area contributed by atoms with Gasteiger partial charge in [-0.25, -0.2) is 9.79 Å². The first kappa shape index (κ1) is 20.3. The van der Waals surface area contributed by atoms with Crippen molar-refractivity contribution in [3.8, 4) is 0 Å². The number of hydrogen-bond donors (Lipinski definition) is 3. The Morgan fingerprint density at radius 3 is 2.23 bits per heavy atom. The zero-order valence-corrected chi connectivity index (χ0v) is 17.9. The summed E-state index contributed by atoms with van der Waals surface area (Å²) >= 11 is 0. The molecular weight excluding hydrogens is 388 g/mol. The number of allylic oxidation sites excluding steroid dienone is 6. The lowest BCUT2D eigenvalue weighted by atomic mass is 10.1. The maximum atomic E-state index is 12.0. The molecule has 2 aromatic rings. The van der Waals surface area contributed by atoms with Crippen LogP contribution in [-0.4, -0.2) is 33.0 Å². The van der Waals surface area contributed by atoms with Crippen LogP contribution in [0.2, 0.25) is 0 Å². The predicted molar refractivity (Wildman–Crippen MR) is 125 cm³/mol. The molecule has 2 aromatic heterocycles. The van der Waals surface area contributed by atoms with Gasteiger partial charge in [0.2, 0.25) is 0 Å². The Morgan fingerprint density at radius 1 is 0.839 bits per heavy atom. The summed E-state index contributed by atoms with van der Waals surface area (Å²) in [5.74, 6) is -0.991. The number of rotatable bonds is 4. The fraction of sp³-hybridized carbons (Fsp3) is 0.160. The average Bonchev–Trinajstić information content (AvgIpc) is 3.54. The van der Waals surface area contributed by atoms with Crippen LogP contribution in [0.5, 0.6) is 0 Å². The highest BCUT2D eigenvalue weighted by Gasteiger charge is 2.17. The summed E-state index contributed by atoms with van der Waals surface area (Å²) in [6.07, 6.45) is 9.58. The second kappa shape index (κ2) is 8.07. The number of nitrogens with zero attached hydrogens (tertiary/aromatic N) is 2. The molecular formula is C25H24N4O2. The zero-order chi connectivity index (χ0) is 22.1. The molecule has 0 spiro atoms. The van der Waals surface area contributed by atoms with Crippen molar-refractivity contribution in [2.45, 2.75) is 27.7 Å². The summed E-state index contributed by atoms with van der Waals surface area (Å²) in [7, 11) is 0. The third-order valence-electron chi connectivity index (χ3n) is 5.41. The predicted octanol–water partition coefficient (Wildman–Crippen LogP) is 3.47. The molecule has 3 N–H and O–H groups in total. The minimum atomic E-state index is -0.991. The van der Waals surface area contributed by atoms with Crippen LogP contribution in [0.3, 0.4) is 0 Å². The van der Waals surface area contributed by atoms with E-state index in [0.29, 0.717) is 11.0 Å². The molecule has 0 amide bonds. The van der Waals surface area contributed by atoms with Gasteiger partial charge >= 0.3 is 5.97 Å². The molecule has 0 unspecified atom stereocenters. The van der Waals surface area contributed by atoms with Gasteiger partial charge in [-0.3, -0.25) is 4.99 Å². The van der Waals surface area contributed by atoms with E-state index in [0.717, 1.165) is 44.9 Å². The lowest BCUT2D eigenvalue weighted by Crippen LogP contribution is -2.19. The normalized spacial score (nSPS) is 19.0. The SMILES string of the molecule is CC(=C1C=CC(/C(C)=C2/C=CC=N2)=N1)c1ccc(/C(C(=O)O)=c2/ccc(=C(C)C)[nH]2)[nH]1. The Bertz CT molecular complexity index is 1370. The Morgan fingerprint density at radius 2 is 1.58 bits per heavy atom. The molecule has 0 saturated carbocycles. The number of nitrogens with one attached hydrogen (secondary N) is 2. The van der Waals surface area contributed by atoms with E-state index in [2.05, 4.69) is 15.0 Å². The van der Waals surface area contributed by atoms with Crippen molar-refractivity contribution < 1.29 is 9.90 Å². The summed E-state index contributed by atoms with van der Waals surface area (Å²) < 4.78 is 0. The van der Waals surface area contributed by atoms with E-state index in [1.807, 2.05) is 64.1 Å². The van der Waals surface area contributed by atoms with E-state index < -0.39 is 5.97 Å². The molecule has 0 atom stereocenters. The van der Waals surface area contributed by atoms with E-state index in [9.17, 15) is 9.90 Å². The van der Waals surface area contributed by atoms with Gasteiger partial charge in [-0.05, 0) is 81.8 Å². The highest BCUT2D eigenvalue weighted by molar-refractivity contribution is 6.14. The summed E-state index contributed by atoms with van der Waals surface area (Å²) in [6.45, 7) is 7.94. The number of aromatic nitrogens is 2. The molecule has 4 heterocycles. The van der Waals surface area contributed by atoms with Crippen molar-refractivity contribution in [2.75, 3.05) is 0 Å². The van der Waals surface area contributed by atoms with E-state index in [1.54, 1.807) is 18.3 Å². The van der Waals surface area contributed by atoms with E-state index in [-0.39, 0.29) is 5.57 Å². The standard InChI is InChI=1S/C25H24N4O2/c1-14(2)17-7-11-22(27-17)24(25(30)31)23-12-10-21(29-23)16(4)20-9-8-19(28-20)15(3)18-6-5-13-26-18/h5-13,27,29H,1-4H3,(H,30,31)/b18-15-,20-16?,24-22+. The van der Waals surface area contributed by atoms with E-state index >= 15 is 0 Å². The van der Waals surface area contributed by atoms with Crippen LogP contribution in [0.4, 0.5) is 0 Å². The second-order valence-corrected chi connectivity index (χ2v) is 7.74. The minimum absolute atomic E-state index is 0.203. The maximum absolute atomic E-state index is 12.0. The highest BCUT2D eigenvalue weighted by Crippen LogP contribution is 2.26. The lowest BCUT2D eigenvalue weighted by Gasteiger charge is -2.03. The van der Waals surface area contributed by atoms with Gasteiger partial charge in [0.25, 0.3) is 0 Å². The van der Waals surface area contributed by atoms with Crippen molar-refractivity contribution >= 4 is 34.6 Å². The lowest BCUT2D eigenvalue weighted by molar-refractivity contribution is -0.130. The van der Waals surface area contributed by atoms with Gasteiger partial charge in [-0.15, -0.1) is 0 Å². The van der Waals surface area contributed by atoms with Gasteiger partial charge in [0.1, 0.15) is 5.57 Å². The van der Waals surface area contributed by atoms with Crippen molar-refractivity contribution in [3.05, 3.63) is 87.6 Å². The zero-order valence-electron chi connectivity index (χ0n) is 17.9. The average molecular weight is 412 g/mol. The Hall–Kier alpha value is -3.93. The third-order valence-corrected chi connectivity index (χ3v) is 5.41. The molecule has 0 bridgehead atoms. The fourth-order valence-electron chi connectivity index (χ4n) is 3.54. The van der Waals surface area contributed by atoms with Crippen LogP contribution in [0.25, 0.3) is 16.7 Å². The van der Waals surface area contributed by atoms with Crippen LogP contribution in [0.1, 0.15) is 39.1 Å². The third kappa shape index (κ3) is 3.92. The second-order valence-electron chi connectivity index (χ2n) is 7.74. The Kier molecular flexibility index (Phi) is 5.29. The van der Waals surface area contributed by atoms with Gasteiger partial charge in [-0.2, -0.15) is 0 Å². The van der Waals surface area contributed by atoms with Crippen molar-refractivity contribution in [1.82, 2.24) is 9.97 Å². The summed E-state index contributed by atoms with van der Waals surface area (Å²) in [5.41, 5.74) is 7.25. The fourth-order valence-corrected chi connectivity index (χ4v) is 3.54. The quantitative estimate of drug-likeness (QED) is 0.717. The molecule has 2 aliphatic rings. The molecule has 2 aliphatic heterocycles. The summed E-state index contributed by atoms with van der Waals surface area (Å²) in [4.78, 5) is 27.5. The molecule has 156 valence electrons.